The maximum atomic E-state index is 5.68. The molecule has 4 aromatic rings. The topological polar surface area (TPSA) is 18.5 Å². The van der Waals surface area contributed by atoms with Crippen molar-refractivity contribution in [3.05, 3.63) is 93.9 Å². The van der Waals surface area contributed by atoms with Crippen LogP contribution in [0, 0.1) is 0 Å². The fourth-order valence-corrected chi connectivity index (χ4v) is 17.6. The summed E-state index contributed by atoms with van der Waals surface area (Å²) in [4.78, 5) is 0. The molecule has 4 aromatic carbocycles. The van der Waals surface area contributed by atoms with Crippen LogP contribution in [0.3, 0.4) is 0 Å². The molecule has 5 rings (SSSR count). The molecule has 0 saturated heterocycles. The molecule has 0 spiro atoms. The molecule has 2 nitrogen and oxygen atoms in total. The van der Waals surface area contributed by atoms with Crippen molar-refractivity contribution in [2.45, 2.75) is 0 Å². The first-order valence-corrected chi connectivity index (χ1v) is 15.8. The van der Waals surface area contributed by atoms with E-state index in [1.54, 1.807) is 14.2 Å². The molecule has 0 N–H and O–H groups in total. The molecule has 0 radical (unpaired) electrons. The molecular formula is C26H20Br2GeO2. The quantitative estimate of drug-likeness (QED) is 0.283. The van der Waals surface area contributed by atoms with Crippen LogP contribution >= 0.6 is 31.9 Å². The van der Waals surface area contributed by atoms with Gasteiger partial charge < -0.3 is 0 Å². The average Bonchev–Trinajstić information content (AvgIpc) is 3.07. The molecule has 1 heterocycles. The normalized spacial score (nSPS) is 13.4. The van der Waals surface area contributed by atoms with Crippen LogP contribution in [0.5, 0.6) is 11.5 Å². The van der Waals surface area contributed by atoms with E-state index in [-0.39, 0.29) is 0 Å². The minimum absolute atomic E-state index is 0.839. The second kappa shape index (κ2) is 8.16. The first kappa shape index (κ1) is 20.9. The van der Waals surface area contributed by atoms with Gasteiger partial charge in [0.2, 0.25) is 0 Å². The molecule has 0 atom stereocenters. The molecule has 0 amide bonds. The number of hydrogen-bond acceptors (Lipinski definition) is 2. The van der Waals surface area contributed by atoms with E-state index in [1.807, 2.05) is 0 Å². The van der Waals surface area contributed by atoms with E-state index in [4.69, 9.17) is 9.47 Å². The number of hydrogen-bond donors (Lipinski definition) is 0. The summed E-state index contributed by atoms with van der Waals surface area (Å²) in [6.07, 6.45) is 0. The number of fused-ring (bicyclic) bond motifs is 3. The van der Waals surface area contributed by atoms with Crippen molar-refractivity contribution in [3.63, 3.8) is 0 Å². The zero-order chi connectivity index (χ0) is 21.6. The molecule has 0 unspecified atom stereocenters. The van der Waals surface area contributed by atoms with Gasteiger partial charge in [-0.1, -0.05) is 0 Å². The van der Waals surface area contributed by atoms with Gasteiger partial charge >= 0.3 is 203 Å². The van der Waals surface area contributed by atoms with Crippen molar-refractivity contribution in [1.29, 1.82) is 0 Å². The Hall–Kier alpha value is -2.02. The predicted octanol–water partition coefficient (Wildman–Crippen LogP) is 4.59. The van der Waals surface area contributed by atoms with E-state index in [9.17, 15) is 0 Å². The Kier molecular flexibility index (Phi) is 5.49. The molecule has 154 valence electrons. The Morgan fingerprint density at radius 3 is 1.32 bits per heavy atom. The van der Waals surface area contributed by atoms with E-state index in [0.717, 1.165) is 20.4 Å². The van der Waals surface area contributed by atoms with Crippen LogP contribution in [-0.2, 0) is 0 Å². The van der Waals surface area contributed by atoms with Crippen LogP contribution in [-0.4, -0.2) is 27.5 Å². The van der Waals surface area contributed by atoms with E-state index in [2.05, 4.69) is 117 Å². The van der Waals surface area contributed by atoms with Crippen LogP contribution in [0.25, 0.3) is 11.1 Å². The molecule has 0 aliphatic carbocycles. The number of benzene rings is 4. The van der Waals surface area contributed by atoms with Gasteiger partial charge in [0.25, 0.3) is 0 Å². The number of halogens is 2. The van der Waals surface area contributed by atoms with Crippen LogP contribution in [0.15, 0.2) is 93.9 Å². The molecule has 0 aromatic heterocycles. The van der Waals surface area contributed by atoms with Crippen LogP contribution in [0.2, 0.25) is 0 Å². The third-order valence-electron chi connectivity index (χ3n) is 6.10. The fourth-order valence-electron chi connectivity index (χ4n) is 4.80. The van der Waals surface area contributed by atoms with E-state index >= 15 is 0 Å². The van der Waals surface area contributed by atoms with Gasteiger partial charge in [-0.25, -0.2) is 0 Å². The summed E-state index contributed by atoms with van der Waals surface area (Å²) in [7, 11) is 3.43. The molecule has 0 fully saturated rings. The standard InChI is InChI=1S/C26H20Br2GeO2/c1-30-25-13-19-20-14-26(31-2)22(28)16-24(20)29(23(19)15-21(25)27,17-9-5-3-6-10-17)18-11-7-4-8-12-18/h3-16H,1-2H3. The average molecular weight is 597 g/mol. The molecule has 0 bridgehead atoms. The van der Waals surface area contributed by atoms with Gasteiger partial charge in [-0.3, -0.25) is 0 Å². The summed E-state index contributed by atoms with van der Waals surface area (Å²) in [6.45, 7) is 0. The molecule has 31 heavy (non-hydrogen) atoms. The van der Waals surface area contributed by atoms with Crippen molar-refractivity contribution >= 4 is 62.7 Å². The van der Waals surface area contributed by atoms with Crippen LogP contribution in [0.4, 0.5) is 0 Å². The first-order valence-electron chi connectivity index (χ1n) is 9.98. The SMILES string of the molecule is COc1cc2[c](cc1Br)[Ge]([c]1ccccc1)([c]1ccccc1)[c]1cc(Br)c(OC)cc1-2. The van der Waals surface area contributed by atoms with E-state index in [1.165, 1.54) is 28.7 Å². The zero-order valence-electron chi connectivity index (χ0n) is 17.2. The van der Waals surface area contributed by atoms with Crippen LogP contribution in [0.1, 0.15) is 0 Å². The monoisotopic (exact) mass is 596 g/mol. The van der Waals surface area contributed by atoms with Gasteiger partial charge in [0.05, 0.1) is 0 Å². The Balaban J connectivity index is 1.99. The number of methoxy groups -OCH3 is 2. The van der Waals surface area contributed by atoms with Gasteiger partial charge in [0, 0.05) is 0 Å². The Bertz CT molecular complexity index is 1170. The second-order valence-electron chi connectivity index (χ2n) is 7.55. The van der Waals surface area contributed by atoms with Crippen molar-refractivity contribution in [3.8, 4) is 22.6 Å². The Labute approximate surface area is 201 Å². The molecule has 0 saturated carbocycles. The fraction of sp³-hybridized carbons (Fsp3) is 0.0769. The predicted molar refractivity (Wildman–Crippen MR) is 138 cm³/mol. The number of rotatable bonds is 4. The summed E-state index contributed by atoms with van der Waals surface area (Å²) in [5.74, 6) is 1.68. The second-order valence-corrected chi connectivity index (χ2v) is 17.1. The Morgan fingerprint density at radius 2 is 0.968 bits per heavy atom. The summed E-state index contributed by atoms with van der Waals surface area (Å²) in [5, 5.41) is 0. The van der Waals surface area contributed by atoms with Crippen molar-refractivity contribution < 1.29 is 9.47 Å². The van der Waals surface area contributed by atoms with Gasteiger partial charge in [0.15, 0.2) is 0 Å². The molecule has 1 aliphatic heterocycles. The summed E-state index contributed by atoms with van der Waals surface area (Å²) in [5.41, 5.74) is 2.46. The third kappa shape index (κ3) is 3.11. The summed E-state index contributed by atoms with van der Waals surface area (Å²) in [6, 6.07) is 30.9. The van der Waals surface area contributed by atoms with Crippen molar-refractivity contribution in [2.24, 2.45) is 0 Å². The van der Waals surface area contributed by atoms with Crippen molar-refractivity contribution in [1.82, 2.24) is 0 Å². The maximum absolute atomic E-state index is 5.68. The third-order valence-corrected chi connectivity index (χ3v) is 17.5. The first-order chi connectivity index (χ1) is 15.1. The van der Waals surface area contributed by atoms with Gasteiger partial charge in [-0.15, -0.1) is 0 Å². The number of ether oxygens (including phenoxy) is 2. The van der Waals surface area contributed by atoms with Crippen molar-refractivity contribution in [2.75, 3.05) is 14.2 Å². The van der Waals surface area contributed by atoms with Gasteiger partial charge in [0.1, 0.15) is 0 Å². The van der Waals surface area contributed by atoms with E-state index < -0.39 is 13.3 Å². The summed E-state index contributed by atoms with van der Waals surface area (Å²) < 4.78 is 18.9. The zero-order valence-corrected chi connectivity index (χ0v) is 22.4. The summed E-state index contributed by atoms with van der Waals surface area (Å²) >= 11 is 4.28. The minimum atomic E-state index is -3.26. The molecule has 1 aliphatic rings. The van der Waals surface area contributed by atoms with Gasteiger partial charge in [-0.2, -0.15) is 0 Å². The van der Waals surface area contributed by atoms with Gasteiger partial charge in [-0.05, 0) is 0 Å². The molecular weight excluding hydrogens is 577 g/mol. The Morgan fingerprint density at radius 1 is 0.581 bits per heavy atom. The van der Waals surface area contributed by atoms with Crippen LogP contribution < -0.4 is 27.1 Å². The van der Waals surface area contributed by atoms with E-state index in [0.29, 0.717) is 0 Å². The molecule has 5 heteroatoms.